The minimum atomic E-state index is 0.635. The number of hydrogen-bond donors (Lipinski definition) is 2. The van der Waals surface area contributed by atoms with Crippen molar-refractivity contribution >= 4 is 28.0 Å². The number of nitrogens with zero attached hydrogens (tertiary/aromatic N) is 6. The maximum Gasteiger partial charge on any atom is 0.180 e. The number of rotatable bonds is 6. The van der Waals surface area contributed by atoms with E-state index in [0.29, 0.717) is 6.54 Å². The fourth-order valence-corrected chi connectivity index (χ4v) is 3.49. The molecular formula is C17H20N8S. The van der Waals surface area contributed by atoms with Crippen molar-refractivity contribution in [3.63, 3.8) is 0 Å². The third-order valence-electron chi connectivity index (χ3n) is 4.05. The van der Waals surface area contributed by atoms with Gasteiger partial charge in [0.15, 0.2) is 11.5 Å². The minimum Gasteiger partial charge on any atom is -0.330 e. The summed E-state index contributed by atoms with van der Waals surface area (Å²) in [5.41, 5.74) is 10.4. The van der Waals surface area contributed by atoms with Crippen molar-refractivity contribution in [3.05, 3.63) is 42.2 Å². The quantitative estimate of drug-likeness (QED) is 0.543. The standard InChI is InChI=1S/C17H20N8S/c1-11-6-15(26-23-11)22-16-17-19-8-14(12-7-20-24(2)9-12)25(17)10-13(21-16)4-3-5-18/h6-10H,3-5,18H2,1-2H3,(H,21,22). The van der Waals surface area contributed by atoms with Crippen LogP contribution >= 0.6 is 11.5 Å². The van der Waals surface area contributed by atoms with E-state index >= 15 is 0 Å². The molecule has 9 heteroatoms. The highest BCUT2D eigenvalue weighted by atomic mass is 32.1. The van der Waals surface area contributed by atoms with Crippen molar-refractivity contribution in [2.45, 2.75) is 19.8 Å². The molecule has 0 aliphatic heterocycles. The second kappa shape index (κ2) is 6.85. The molecule has 0 aromatic carbocycles. The van der Waals surface area contributed by atoms with E-state index in [4.69, 9.17) is 10.7 Å². The lowest BCUT2D eigenvalue weighted by Gasteiger charge is -2.09. The number of nitrogens with one attached hydrogen (secondary N) is 1. The van der Waals surface area contributed by atoms with Crippen molar-refractivity contribution in [2.75, 3.05) is 11.9 Å². The Bertz CT molecular complexity index is 1040. The number of anilines is 2. The summed E-state index contributed by atoms with van der Waals surface area (Å²) in [7, 11) is 1.90. The number of aromatic nitrogens is 6. The molecule has 4 heterocycles. The maximum absolute atomic E-state index is 5.68. The molecule has 0 radical (unpaired) electrons. The van der Waals surface area contributed by atoms with Gasteiger partial charge in [-0.05, 0) is 43.9 Å². The van der Waals surface area contributed by atoms with Gasteiger partial charge in [-0.15, -0.1) is 0 Å². The maximum atomic E-state index is 5.68. The lowest BCUT2D eigenvalue weighted by molar-refractivity contribution is 0.768. The molecular weight excluding hydrogens is 348 g/mol. The zero-order valence-corrected chi connectivity index (χ0v) is 15.5. The first kappa shape index (κ1) is 16.7. The monoisotopic (exact) mass is 368 g/mol. The Morgan fingerprint density at radius 3 is 2.85 bits per heavy atom. The Balaban J connectivity index is 1.82. The first-order valence-corrected chi connectivity index (χ1v) is 9.18. The van der Waals surface area contributed by atoms with Gasteiger partial charge >= 0.3 is 0 Å². The second-order valence-corrected chi connectivity index (χ2v) is 6.98. The van der Waals surface area contributed by atoms with Gasteiger partial charge in [-0.1, -0.05) is 0 Å². The van der Waals surface area contributed by atoms with Gasteiger partial charge < -0.3 is 11.1 Å². The molecule has 0 saturated heterocycles. The van der Waals surface area contributed by atoms with Gasteiger partial charge in [-0.25, -0.2) is 9.97 Å². The highest BCUT2D eigenvalue weighted by Gasteiger charge is 2.14. The summed E-state index contributed by atoms with van der Waals surface area (Å²) in [6.45, 7) is 2.61. The van der Waals surface area contributed by atoms with Crippen LogP contribution in [0.25, 0.3) is 16.9 Å². The van der Waals surface area contributed by atoms with Crippen LogP contribution in [0.15, 0.2) is 30.9 Å². The molecule has 0 unspecified atom stereocenters. The molecule has 0 saturated carbocycles. The van der Waals surface area contributed by atoms with E-state index in [2.05, 4.69) is 24.2 Å². The van der Waals surface area contributed by atoms with Crippen LogP contribution in [0, 0.1) is 6.92 Å². The Morgan fingerprint density at radius 2 is 2.15 bits per heavy atom. The van der Waals surface area contributed by atoms with E-state index in [-0.39, 0.29) is 0 Å². The van der Waals surface area contributed by atoms with Gasteiger partial charge in [-0.2, -0.15) is 9.47 Å². The molecule has 134 valence electrons. The Kier molecular flexibility index (Phi) is 4.39. The van der Waals surface area contributed by atoms with Gasteiger partial charge in [-0.3, -0.25) is 9.08 Å². The summed E-state index contributed by atoms with van der Waals surface area (Å²) in [6.07, 6.45) is 9.39. The lowest BCUT2D eigenvalue weighted by atomic mass is 10.2. The SMILES string of the molecule is Cc1cc(Nc2nc(CCCN)cn3c(-c4cnn(C)c4)cnc23)sn1. The normalized spacial score (nSPS) is 11.3. The molecule has 0 aliphatic rings. The van der Waals surface area contributed by atoms with Crippen LogP contribution in [0.4, 0.5) is 10.8 Å². The van der Waals surface area contributed by atoms with E-state index in [9.17, 15) is 0 Å². The van der Waals surface area contributed by atoms with Gasteiger partial charge in [0.25, 0.3) is 0 Å². The summed E-state index contributed by atoms with van der Waals surface area (Å²) in [6, 6.07) is 2.00. The first-order valence-electron chi connectivity index (χ1n) is 8.40. The third kappa shape index (κ3) is 3.18. The predicted octanol–water partition coefficient (Wildman–Crippen LogP) is 2.53. The topological polar surface area (TPSA) is 98.9 Å². The highest BCUT2D eigenvalue weighted by Crippen LogP contribution is 2.27. The average molecular weight is 368 g/mol. The van der Waals surface area contributed by atoms with Crippen molar-refractivity contribution in [3.8, 4) is 11.3 Å². The van der Waals surface area contributed by atoms with Crippen LogP contribution < -0.4 is 11.1 Å². The number of fused-ring (bicyclic) bond motifs is 1. The number of imidazole rings is 1. The highest BCUT2D eigenvalue weighted by molar-refractivity contribution is 7.10. The average Bonchev–Trinajstić information content (AvgIpc) is 3.33. The molecule has 0 spiro atoms. The van der Waals surface area contributed by atoms with Gasteiger partial charge in [0.2, 0.25) is 0 Å². The van der Waals surface area contributed by atoms with Gasteiger partial charge in [0, 0.05) is 25.0 Å². The van der Waals surface area contributed by atoms with Crippen LogP contribution in [-0.4, -0.2) is 35.1 Å². The lowest BCUT2D eigenvalue weighted by Crippen LogP contribution is -2.05. The summed E-state index contributed by atoms with van der Waals surface area (Å²) >= 11 is 1.41. The van der Waals surface area contributed by atoms with Crippen LogP contribution in [0.3, 0.4) is 0 Å². The summed E-state index contributed by atoms with van der Waals surface area (Å²) in [5, 5.41) is 8.57. The molecule has 4 rings (SSSR count). The van der Waals surface area contributed by atoms with Crippen LogP contribution in [0.5, 0.6) is 0 Å². The zero-order valence-electron chi connectivity index (χ0n) is 14.7. The Morgan fingerprint density at radius 1 is 1.27 bits per heavy atom. The number of hydrogen-bond acceptors (Lipinski definition) is 7. The smallest absolute Gasteiger partial charge is 0.180 e. The molecule has 0 fully saturated rings. The molecule has 0 aliphatic carbocycles. The summed E-state index contributed by atoms with van der Waals surface area (Å²) in [5.74, 6) is 0.721. The number of nitrogens with two attached hydrogens (primary N) is 1. The van der Waals surface area contributed by atoms with E-state index < -0.39 is 0 Å². The minimum absolute atomic E-state index is 0.635. The van der Waals surface area contributed by atoms with Gasteiger partial charge in [0.1, 0.15) is 5.00 Å². The summed E-state index contributed by atoms with van der Waals surface area (Å²) in [4.78, 5) is 9.35. The molecule has 0 bridgehead atoms. The van der Waals surface area contributed by atoms with Crippen molar-refractivity contribution in [2.24, 2.45) is 12.8 Å². The van der Waals surface area contributed by atoms with Crippen molar-refractivity contribution in [1.29, 1.82) is 0 Å². The largest absolute Gasteiger partial charge is 0.330 e. The summed E-state index contributed by atoms with van der Waals surface area (Å²) < 4.78 is 8.16. The van der Waals surface area contributed by atoms with E-state index in [1.54, 1.807) is 4.68 Å². The van der Waals surface area contributed by atoms with Crippen LogP contribution in [0.2, 0.25) is 0 Å². The van der Waals surface area contributed by atoms with Gasteiger partial charge in [0.05, 0.1) is 29.5 Å². The van der Waals surface area contributed by atoms with Crippen molar-refractivity contribution < 1.29 is 0 Å². The zero-order chi connectivity index (χ0) is 18.1. The predicted molar refractivity (Wildman–Crippen MR) is 103 cm³/mol. The van der Waals surface area contributed by atoms with E-state index in [1.807, 2.05) is 44.8 Å². The third-order valence-corrected chi connectivity index (χ3v) is 4.85. The molecule has 4 aromatic rings. The second-order valence-electron chi connectivity index (χ2n) is 6.17. The number of aryl methyl sites for hydroxylation is 3. The van der Waals surface area contributed by atoms with Crippen molar-refractivity contribution in [1.82, 2.24) is 28.5 Å². The molecule has 3 N–H and O–H groups in total. The molecule has 0 amide bonds. The first-order chi connectivity index (χ1) is 12.6. The molecule has 8 nitrogen and oxygen atoms in total. The fourth-order valence-electron chi connectivity index (χ4n) is 2.83. The Labute approximate surface area is 154 Å². The van der Waals surface area contributed by atoms with Crippen LogP contribution in [-0.2, 0) is 13.5 Å². The van der Waals surface area contributed by atoms with E-state index in [0.717, 1.165) is 52.0 Å². The molecule has 4 aromatic heterocycles. The van der Waals surface area contributed by atoms with E-state index in [1.165, 1.54) is 11.5 Å². The molecule has 0 atom stereocenters. The Hall–Kier alpha value is -2.78. The molecule has 26 heavy (non-hydrogen) atoms. The van der Waals surface area contributed by atoms with Crippen LogP contribution in [0.1, 0.15) is 17.8 Å². The fraction of sp³-hybridized carbons (Fsp3) is 0.294.